The Morgan fingerprint density at radius 2 is 2.20 bits per heavy atom. The second-order valence-electron chi connectivity index (χ2n) is 3.70. The SMILES string of the molecule is CCNC(=O)Oc1ccc2c(c1)CCC2. The number of ether oxygens (including phenoxy) is 1. The van der Waals surface area contributed by atoms with Crippen LogP contribution in [0.5, 0.6) is 5.75 Å². The number of benzene rings is 1. The Morgan fingerprint density at radius 3 is 3.00 bits per heavy atom. The van der Waals surface area contributed by atoms with Gasteiger partial charge < -0.3 is 10.1 Å². The van der Waals surface area contributed by atoms with Crippen molar-refractivity contribution in [3.8, 4) is 5.75 Å². The average Bonchev–Trinajstić information content (AvgIpc) is 2.65. The summed E-state index contributed by atoms with van der Waals surface area (Å²) >= 11 is 0. The molecule has 1 aliphatic rings. The van der Waals surface area contributed by atoms with E-state index >= 15 is 0 Å². The first-order valence-electron chi connectivity index (χ1n) is 5.37. The molecule has 0 saturated heterocycles. The molecule has 0 atom stereocenters. The quantitative estimate of drug-likeness (QED) is 0.804. The molecule has 3 nitrogen and oxygen atoms in total. The highest BCUT2D eigenvalue weighted by atomic mass is 16.5. The molecular formula is C12H15NO2. The van der Waals surface area contributed by atoms with E-state index in [2.05, 4.69) is 11.4 Å². The van der Waals surface area contributed by atoms with Crippen LogP contribution in [-0.4, -0.2) is 12.6 Å². The van der Waals surface area contributed by atoms with E-state index in [0.29, 0.717) is 12.3 Å². The zero-order valence-electron chi connectivity index (χ0n) is 8.88. The molecule has 2 rings (SSSR count). The van der Waals surface area contributed by atoms with E-state index < -0.39 is 0 Å². The van der Waals surface area contributed by atoms with E-state index in [9.17, 15) is 4.79 Å². The lowest BCUT2D eigenvalue weighted by molar-refractivity contribution is 0.201. The number of fused-ring (bicyclic) bond motifs is 1. The number of amides is 1. The van der Waals surface area contributed by atoms with Crippen LogP contribution in [-0.2, 0) is 12.8 Å². The first-order valence-corrected chi connectivity index (χ1v) is 5.37. The minimum Gasteiger partial charge on any atom is -0.410 e. The molecule has 0 aliphatic heterocycles. The van der Waals surface area contributed by atoms with Gasteiger partial charge in [0.25, 0.3) is 0 Å². The maximum absolute atomic E-state index is 11.2. The molecule has 80 valence electrons. The van der Waals surface area contributed by atoms with Crippen LogP contribution >= 0.6 is 0 Å². The lowest BCUT2D eigenvalue weighted by Crippen LogP contribution is -2.26. The van der Waals surface area contributed by atoms with Gasteiger partial charge in [0.1, 0.15) is 5.75 Å². The van der Waals surface area contributed by atoms with Crippen LogP contribution in [0.4, 0.5) is 4.79 Å². The molecule has 1 N–H and O–H groups in total. The van der Waals surface area contributed by atoms with Crippen LogP contribution in [0.25, 0.3) is 0 Å². The van der Waals surface area contributed by atoms with Crippen molar-refractivity contribution in [2.75, 3.05) is 6.54 Å². The molecular weight excluding hydrogens is 190 g/mol. The van der Waals surface area contributed by atoms with Gasteiger partial charge in [-0.2, -0.15) is 0 Å². The standard InChI is InChI=1S/C12H15NO2/c1-2-13-12(14)15-11-7-6-9-4-3-5-10(9)8-11/h6-8H,2-5H2,1H3,(H,13,14). The topological polar surface area (TPSA) is 38.3 Å². The van der Waals surface area contributed by atoms with Gasteiger partial charge in [-0.25, -0.2) is 4.79 Å². The fourth-order valence-corrected chi connectivity index (χ4v) is 1.90. The van der Waals surface area contributed by atoms with Gasteiger partial charge in [0.15, 0.2) is 0 Å². The van der Waals surface area contributed by atoms with Crippen LogP contribution in [0.15, 0.2) is 18.2 Å². The molecule has 1 aromatic rings. The Morgan fingerprint density at radius 1 is 1.40 bits per heavy atom. The molecule has 0 saturated carbocycles. The van der Waals surface area contributed by atoms with Crippen molar-refractivity contribution >= 4 is 6.09 Å². The van der Waals surface area contributed by atoms with Gasteiger partial charge in [-0.3, -0.25) is 0 Å². The van der Waals surface area contributed by atoms with Gasteiger partial charge in [0.2, 0.25) is 0 Å². The molecule has 3 heteroatoms. The number of carbonyl (C=O) groups excluding carboxylic acids is 1. The van der Waals surface area contributed by atoms with Crippen LogP contribution in [0.3, 0.4) is 0 Å². The van der Waals surface area contributed by atoms with Crippen molar-refractivity contribution in [1.82, 2.24) is 5.32 Å². The highest BCUT2D eigenvalue weighted by Crippen LogP contribution is 2.25. The average molecular weight is 205 g/mol. The molecule has 0 radical (unpaired) electrons. The minimum atomic E-state index is -0.379. The highest BCUT2D eigenvalue weighted by molar-refractivity contribution is 5.70. The lowest BCUT2D eigenvalue weighted by Gasteiger charge is -2.06. The van der Waals surface area contributed by atoms with Crippen molar-refractivity contribution in [1.29, 1.82) is 0 Å². The summed E-state index contributed by atoms with van der Waals surface area (Å²) in [6.07, 6.45) is 3.08. The van der Waals surface area contributed by atoms with Gasteiger partial charge in [0, 0.05) is 6.54 Å². The van der Waals surface area contributed by atoms with E-state index in [1.807, 2.05) is 19.1 Å². The summed E-state index contributed by atoms with van der Waals surface area (Å²) in [6, 6.07) is 5.88. The molecule has 1 aliphatic carbocycles. The molecule has 0 bridgehead atoms. The van der Waals surface area contributed by atoms with E-state index in [-0.39, 0.29) is 6.09 Å². The predicted octanol–water partition coefficient (Wildman–Crippen LogP) is 2.28. The van der Waals surface area contributed by atoms with Crippen LogP contribution in [0.1, 0.15) is 24.5 Å². The molecule has 0 aromatic heterocycles. The number of hydrogen-bond donors (Lipinski definition) is 1. The van der Waals surface area contributed by atoms with E-state index in [4.69, 9.17) is 4.74 Å². The van der Waals surface area contributed by atoms with Crippen molar-refractivity contribution in [3.63, 3.8) is 0 Å². The molecule has 0 heterocycles. The summed E-state index contributed by atoms with van der Waals surface area (Å²) in [5.41, 5.74) is 2.70. The van der Waals surface area contributed by atoms with Gasteiger partial charge in [-0.15, -0.1) is 0 Å². The van der Waals surface area contributed by atoms with Gasteiger partial charge in [-0.05, 0) is 49.4 Å². The van der Waals surface area contributed by atoms with Crippen LogP contribution in [0.2, 0.25) is 0 Å². The van der Waals surface area contributed by atoms with Crippen LogP contribution in [0, 0.1) is 0 Å². The molecule has 0 spiro atoms. The number of rotatable bonds is 2. The van der Waals surface area contributed by atoms with E-state index in [0.717, 1.165) is 12.8 Å². The minimum absolute atomic E-state index is 0.379. The van der Waals surface area contributed by atoms with Crippen molar-refractivity contribution in [2.45, 2.75) is 26.2 Å². The predicted molar refractivity (Wildman–Crippen MR) is 58.2 cm³/mol. The van der Waals surface area contributed by atoms with Gasteiger partial charge in [0.05, 0.1) is 0 Å². The Hall–Kier alpha value is -1.51. The van der Waals surface area contributed by atoms with E-state index in [1.165, 1.54) is 17.5 Å². The number of nitrogens with one attached hydrogen (secondary N) is 1. The monoisotopic (exact) mass is 205 g/mol. The van der Waals surface area contributed by atoms with Crippen LogP contribution < -0.4 is 10.1 Å². The van der Waals surface area contributed by atoms with E-state index in [1.54, 1.807) is 0 Å². The highest BCUT2D eigenvalue weighted by Gasteiger charge is 2.12. The van der Waals surface area contributed by atoms with Crippen molar-refractivity contribution in [2.24, 2.45) is 0 Å². The Bertz CT molecular complexity index is 374. The third-order valence-electron chi connectivity index (χ3n) is 2.60. The first kappa shape index (κ1) is 10.0. The maximum atomic E-state index is 11.2. The summed E-state index contributed by atoms with van der Waals surface area (Å²) in [5, 5.41) is 2.60. The molecule has 1 amide bonds. The second-order valence-corrected chi connectivity index (χ2v) is 3.70. The van der Waals surface area contributed by atoms with Gasteiger partial charge in [-0.1, -0.05) is 6.07 Å². The summed E-state index contributed by atoms with van der Waals surface area (Å²) in [4.78, 5) is 11.2. The summed E-state index contributed by atoms with van der Waals surface area (Å²) in [7, 11) is 0. The van der Waals surface area contributed by atoms with Gasteiger partial charge >= 0.3 is 6.09 Å². The Labute approximate surface area is 89.4 Å². The summed E-state index contributed by atoms with van der Waals surface area (Å²) in [6.45, 7) is 2.45. The fourth-order valence-electron chi connectivity index (χ4n) is 1.90. The fraction of sp³-hybridized carbons (Fsp3) is 0.417. The van der Waals surface area contributed by atoms with Crippen molar-refractivity contribution < 1.29 is 9.53 Å². The summed E-state index contributed by atoms with van der Waals surface area (Å²) in [5.74, 6) is 0.640. The third kappa shape index (κ3) is 2.29. The third-order valence-corrected chi connectivity index (χ3v) is 2.60. The second kappa shape index (κ2) is 4.34. The Balaban J connectivity index is 2.06. The molecule has 0 fully saturated rings. The zero-order valence-corrected chi connectivity index (χ0v) is 8.88. The lowest BCUT2D eigenvalue weighted by atomic mass is 10.1. The summed E-state index contributed by atoms with van der Waals surface area (Å²) < 4.78 is 5.13. The zero-order chi connectivity index (χ0) is 10.7. The first-order chi connectivity index (χ1) is 7.29. The number of aryl methyl sites for hydroxylation is 2. The number of hydrogen-bond acceptors (Lipinski definition) is 2. The molecule has 1 aromatic carbocycles. The largest absolute Gasteiger partial charge is 0.412 e. The molecule has 15 heavy (non-hydrogen) atoms. The molecule has 0 unspecified atom stereocenters. The van der Waals surface area contributed by atoms with Crippen molar-refractivity contribution in [3.05, 3.63) is 29.3 Å². The smallest absolute Gasteiger partial charge is 0.410 e. The normalized spacial score (nSPS) is 13.4. The Kier molecular flexibility index (Phi) is 2.90. The maximum Gasteiger partial charge on any atom is 0.412 e. The number of carbonyl (C=O) groups is 1.